The third-order valence-corrected chi connectivity index (χ3v) is 1.94. The average Bonchev–Trinajstić information content (AvgIpc) is 2.60. The summed E-state index contributed by atoms with van der Waals surface area (Å²) in [6.07, 6.45) is 3.35. The Morgan fingerprint density at radius 2 is 2.46 bits per heavy atom. The van der Waals surface area contributed by atoms with Gasteiger partial charge in [0.15, 0.2) is 5.78 Å². The van der Waals surface area contributed by atoms with Gasteiger partial charge < -0.3 is 4.98 Å². The maximum absolute atomic E-state index is 11.3. The maximum Gasteiger partial charge on any atom is 0.156 e. The van der Waals surface area contributed by atoms with Crippen LogP contribution in [0.5, 0.6) is 0 Å². The number of aromatic nitrogens is 2. The van der Waals surface area contributed by atoms with Crippen LogP contribution in [-0.2, 0) is 0 Å². The molecule has 2 heterocycles. The lowest BCUT2D eigenvalue weighted by molar-refractivity contribution is 0.101. The van der Waals surface area contributed by atoms with Gasteiger partial charge >= 0.3 is 0 Å². The van der Waals surface area contributed by atoms with Crippen molar-refractivity contribution in [1.82, 2.24) is 9.97 Å². The molecule has 0 saturated heterocycles. The zero-order valence-electron chi connectivity index (χ0n) is 6.95. The molecule has 2 rings (SSSR count). The second-order valence-electron chi connectivity index (χ2n) is 2.73. The molecule has 0 amide bonds. The molecule has 0 spiro atoms. The molecule has 0 atom stereocenters. The molecule has 0 saturated carbocycles. The second-order valence-corrected chi connectivity index (χ2v) is 2.73. The Hall–Kier alpha value is -1.58. The van der Waals surface area contributed by atoms with Crippen molar-refractivity contribution in [3.8, 4) is 0 Å². The summed E-state index contributed by atoms with van der Waals surface area (Å²) in [6, 6.07) is 3.64. The van der Waals surface area contributed by atoms with Gasteiger partial charge in [-0.1, -0.05) is 0 Å². The molecular formula is C9H7BN2O. The zero-order valence-corrected chi connectivity index (χ0v) is 6.95. The largest absolute Gasteiger partial charge is 0.345 e. The molecule has 13 heavy (non-hydrogen) atoms. The number of aromatic amines is 1. The lowest BCUT2D eigenvalue weighted by Crippen LogP contribution is -1.95. The van der Waals surface area contributed by atoms with Crippen molar-refractivity contribution < 1.29 is 4.79 Å². The van der Waals surface area contributed by atoms with Crippen LogP contribution in [0.15, 0.2) is 24.5 Å². The highest BCUT2D eigenvalue weighted by Gasteiger charge is 2.09. The van der Waals surface area contributed by atoms with Crippen LogP contribution in [0.2, 0.25) is 6.32 Å². The van der Waals surface area contributed by atoms with Gasteiger partial charge in [-0.3, -0.25) is 4.79 Å². The van der Waals surface area contributed by atoms with Gasteiger partial charge in [0.1, 0.15) is 5.65 Å². The first-order valence-corrected chi connectivity index (χ1v) is 3.98. The van der Waals surface area contributed by atoms with Gasteiger partial charge in [-0.2, -0.15) is 0 Å². The number of nitrogens with zero attached hydrogens (tertiary/aromatic N) is 1. The summed E-state index contributed by atoms with van der Waals surface area (Å²) >= 11 is 0. The smallest absolute Gasteiger partial charge is 0.156 e. The van der Waals surface area contributed by atoms with Crippen LogP contribution in [0.3, 0.4) is 0 Å². The lowest BCUT2D eigenvalue weighted by atomic mass is 9.96. The summed E-state index contributed by atoms with van der Waals surface area (Å²) in [7, 11) is 5.27. The molecule has 4 heteroatoms. The van der Waals surface area contributed by atoms with E-state index in [0.717, 1.165) is 11.0 Å². The summed E-state index contributed by atoms with van der Waals surface area (Å²) in [5, 5.41) is 0.831. The summed E-state index contributed by atoms with van der Waals surface area (Å²) in [5.41, 5.74) is 1.34. The van der Waals surface area contributed by atoms with E-state index in [4.69, 9.17) is 7.85 Å². The Balaban J connectivity index is 2.64. The van der Waals surface area contributed by atoms with Crippen LogP contribution in [0.1, 0.15) is 10.4 Å². The molecule has 0 aromatic carbocycles. The molecule has 1 N–H and O–H groups in total. The van der Waals surface area contributed by atoms with Gasteiger partial charge in [0.05, 0.1) is 7.85 Å². The predicted octanol–water partition coefficient (Wildman–Crippen LogP) is 1.33. The first-order valence-electron chi connectivity index (χ1n) is 3.98. The van der Waals surface area contributed by atoms with Crippen LogP contribution in [-0.4, -0.2) is 23.6 Å². The van der Waals surface area contributed by atoms with Crippen molar-refractivity contribution in [2.75, 3.05) is 0 Å². The fourth-order valence-corrected chi connectivity index (χ4v) is 1.30. The van der Waals surface area contributed by atoms with Crippen molar-refractivity contribution in [2.24, 2.45) is 0 Å². The standard InChI is InChI=1S/C9H7BN2O/c10-4-8(13)7-5-12-9-6(7)2-1-3-11-9/h1-3,5H,4H2,(H,11,12). The topological polar surface area (TPSA) is 45.8 Å². The van der Waals surface area contributed by atoms with Crippen LogP contribution in [0.4, 0.5) is 0 Å². The monoisotopic (exact) mass is 170 g/mol. The maximum atomic E-state index is 11.3. The molecular weight excluding hydrogens is 163 g/mol. The van der Waals surface area contributed by atoms with E-state index in [2.05, 4.69) is 9.97 Å². The highest BCUT2D eigenvalue weighted by Crippen LogP contribution is 2.16. The van der Waals surface area contributed by atoms with E-state index >= 15 is 0 Å². The molecule has 2 aromatic heterocycles. The van der Waals surface area contributed by atoms with E-state index in [1.165, 1.54) is 0 Å². The van der Waals surface area contributed by atoms with Crippen LogP contribution in [0.25, 0.3) is 11.0 Å². The zero-order chi connectivity index (χ0) is 9.26. The fraction of sp³-hybridized carbons (Fsp3) is 0.111. The van der Waals surface area contributed by atoms with E-state index in [9.17, 15) is 4.79 Å². The molecule has 0 aliphatic rings. The number of H-pyrrole nitrogens is 1. The highest BCUT2D eigenvalue weighted by atomic mass is 16.1. The summed E-state index contributed by atoms with van der Waals surface area (Å²) < 4.78 is 0. The lowest BCUT2D eigenvalue weighted by Gasteiger charge is -1.93. The number of carbonyl (C=O) groups excluding carboxylic acids is 1. The van der Waals surface area contributed by atoms with Crippen LogP contribution >= 0.6 is 0 Å². The highest BCUT2D eigenvalue weighted by molar-refractivity contribution is 6.26. The third-order valence-electron chi connectivity index (χ3n) is 1.94. The third kappa shape index (κ3) is 1.24. The molecule has 3 nitrogen and oxygen atoms in total. The van der Waals surface area contributed by atoms with Crippen molar-refractivity contribution in [1.29, 1.82) is 0 Å². The Labute approximate surface area is 76.6 Å². The van der Waals surface area contributed by atoms with Crippen molar-refractivity contribution in [2.45, 2.75) is 6.32 Å². The van der Waals surface area contributed by atoms with E-state index in [1.54, 1.807) is 18.5 Å². The minimum absolute atomic E-state index is 0.0296. The van der Waals surface area contributed by atoms with Crippen LogP contribution in [0, 0.1) is 0 Å². The SMILES string of the molecule is [B]CC(=O)c1c[nH]c2ncccc12. The van der Waals surface area contributed by atoms with Gasteiger partial charge in [-0.15, -0.1) is 0 Å². The number of nitrogens with one attached hydrogen (secondary N) is 1. The molecule has 62 valence electrons. The van der Waals surface area contributed by atoms with Gasteiger partial charge in [0.25, 0.3) is 0 Å². The normalized spacial score (nSPS) is 10.5. The quantitative estimate of drug-likeness (QED) is 0.545. The van der Waals surface area contributed by atoms with E-state index in [-0.39, 0.29) is 12.1 Å². The first kappa shape index (κ1) is 8.04. The van der Waals surface area contributed by atoms with Gasteiger partial charge in [0.2, 0.25) is 0 Å². The minimum Gasteiger partial charge on any atom is -0.345 e. The molecule has 0 fully saturated rings. The Morgan fingerprint density at radius 3 is 3.23 bits per heavy atom. The number of rotatable bonds is 2. The first-order chi connectivity index (χ1) is 6.33. The van der Waals surface area contributed by atoms with Crippen LogP contribution < -0.4 is 0 Å². The second kappa shape index (κ2) is 3.05. The van der Waals surface area contributed by atoms with E-state index < -0.39 is 0 Å². The number of hydrogen-bond acceptors (Lipinski definition) is 2. The molecule has 0 unspecified atom stereocenters. The number of Topliss-reactive ketones (excluding diaryl/α,β-unsaturated/α-hetero) is 1. The fourth-order valence-electron chi connectivity index (χ4n) is 1.30. The van der Waals surface area contributed by atoms with Crippen molar-refractivity contribution in [3.05, 3.63) is 30.1 Å². The molecule has 0 aliphatic heterocycles. The van der Waals surface area contributed by atoms with E-state index in [1.807, 2.05) is 6.07 Å². The van der Waals surface area contributed by atoms with Gasteiger partial charge in [0, 0.05) is 23.3 Å². The minimum atomic E-state index is -0.0701. The Morgan fingerprint density at radius 1 is 1.62 bits per heavy atom. The average molecular weight is 170 g/mol. The number of ketones is 1. The number of carbonyl (C=O) groups is 1. The molecule has 2 radical (unpaired) electrons. The molecule has 2 aromatic rings. The number of hydrogen-bond donors (Lipinski definition) is 1. The Kier molecular flexibility index (Phi) is 1.89. The summed E-state index contributed by atoms with van der Waals surface area (Å²) in [6.45, 7) is 0. The number of pyridine rings is 1. The van der Waals surface area contributed by atoms with Crippen molar-refractivity contribution in [3.63, 3.8) is 0 Å². The molecule has 0 bridgehead atoms. The number of fused-ring (bicyclic) bond motifs is 1. The van der Waals surface area contributed by atoms with E-state index in [0.29, 0.717) is 5.56 Å². The summed E-state index contributed by atoms with van der Waals surface area (Å²) in [4.78, 5) is 18.3. The molecule has 0 aliphatic carbocycles. The van der Waals surface area contributed by atoms with Crippen molar-refractivity contribution >= 4 is 24.7 Å². The summed E-state index contributed by atoms with van der Waals surface area (Å²) in [5.74, 6) is -0.0701. The van der Waals surface area contributed by atoms with Gasteiger partial charge in [-0.05, 0) is 18.5 Å². The predicted molar refractivity (Wildman–Crippen MR) is 51.0 cm³/mol. The Bertz CT molecular complexity index is 450. The van der Waals surface area contributed by atoms with Gasteiger partial charge in [-0.25, -0.2) is 4.98 Å².